The SMILES string of the molecule is COc1cccc2c1C(=O)c1c(O)c3c(c(O)c1C2=O)C[C@@](O)(C(C)=O)C[C@@H]3O[C@H]1C[C@H](NCc2ccc(-c3cn(CCCCCC(=O)NOC(c4ccccc4)(c4ccccc4)c4ccccc4)nn3)cc2)[C@H](O)[C@H](C)O1. The molecule has 0 spiro atoms. The summed E-state index contributed by atoms with van der Waals surface area (Å²) in [5, 5.41) is 58.8. The molecule has 1 saturated heterocycles. The van der Waals surface area contributed by atoms with Gasteiger partial charge in [0.15, 0.2) is 23.5 Å². The van der Waals surface area contributed by atoms with Crippen LogP contribution in [0.15, 0.2) is 140 Å². The van der Waals surface area contributed by atoms with Crippen molar-refractivity contribution in [1.82, 2.24) is 25.8 Å². The maximum absolute atomic E-state index is 14.1. The minimum atomic E-state index is -2.07. The lowest BCUT2D eigenvalue weighted by Crippen LogP contribution is -2.54. The number of ether oxygens (including phenoxy) is 3. The van der Waals surface area contributed by atoms with Crippen molar-refractivity contribution in [2.75, 3.05) is 7.11 Å². The molecule has 1 amide bonds. The predicted molar refractivity (Wildman–Crippen MR) is 285 cm³/mol. The number of amides is 1. The van der Waals surface area contributed by atoms with E-state index in [0.29, 0.717) is 25.2 Å². The second kappa shape index (κ2) is 22.6. The standard InChI is InChI=1S/C61H61N5O12/c1-36-55(69)45(31-50(76-36)77-48-33-60(74,37(2)67)32-44-52(48)59(73)54-53(57(44)71)56(70)43-23-16-24-47(75-3)51(43)58(54)72)62-34-38-26-28-39(29-27-38)46-35-66(65-63-46)30-15-7-14-25-49(68)64-78-61(40-17-8-4-9-18-40,41-19-10-5-11-20-41)42-21-12-6-13-22-42/h4-6,8-13,16-24,26-29,35-36,45,48,50,55,62,69,71,73-74H,7,14-15,25,30-34H2,1-3H3,(H,64,68)/t36-,45-,48-,50-,55+,60-/m0/s1. The summed E-state index contributed by atoms with van der Waals surface area (Å²) in [5.41, 5.74) is 3.61. The summed E-state index contributed by atoms with van der Waals surface area (Å²) in [5.74, 6) is -3.50. The highest BCUT2D eigenvalue weighted by molar-refractivity contribution is 6.31. The highest BCUT2D eigenvalue weighted by Gasteiger charge is 2.50. The largest absolute Gasteiger partial charge is 0.507 e. The molecule has 1 aliphatic heterocycles. The van der Waals surface area contributed by atoms with Gasteiger partial charge in [0, 0.05) is 67.1 Å². The Hall–Kier alpha value is -7.90. The van der Waals surface area contributed by atoms with E-state index in [2.05, 4.69) is 21.1 Å². The van der Waals surface area contributed by atoms with Gasteiger partial charge in [0.25, 0.3) is 0 Å². The van der Waals surface area contributed by atoms with Gasteiger partial charge >= 0.3 is 0 Å². The number of aryl methyl sites for hydroxylation is 1. The predicted octanol–water partition coefficient (Wildman–Crippen LogP) is 7.72. The number of hydrogen-bond acceptors (Lipinski definition) is 15. The van der Waals surface area contributed by atoms with Crippen LogP contribution < -0.4 is 15.5 Å². The van der Waals surface area contributed by atoms with Crippen molar-refractivity contribution in [3.05, 3.63) is 195 Å². The first kappa shape index (κ1) is 53.5. The number of unbranched alkanes of at least 4 members (excludes halogenated alkanes) is 2. The molecule has 6 N–H and O–H groups in total. The van der Waals surface area contributed by atoms with Crippen molar-refractivity contribution in [3.63, 3.8) is 0 Å². The molecule has 3 aliphatic rings. The van der Waals surface area contributed by atoms with Crippen molar-refractivity contribution in [2.24, 2.45) is 0 Å². The molecule has 2 heterocycles. The van der Waals surface area contributed by atoms with Crippen LogP contribution in [-0.4, -0.2) is 95.9 Å². The van der Waals surface area contributed by atoms with Crippen LogP contribution in [0.2, 0.25) is 0 Å². The van der Waals surface area contributed by atoms with Gasteiger partial charge in [-0.3, -0.25) is 28.7 Å². The van der Waals surface area contributed by atoms with Crippen LogP contribution in [0, 0.1) is 0 Å². The van der Waals surface area contributed by atoms with Crippen LogP contribution in [-0.2, 0) is 49.0 Å². The fourth-order valence-electron chi connectivity index (χ4n) is 11.0. The summed E-state index contributed by atoms with van der Waals surface area (Å²) >= 11 is 0. The van der Waals surface area contributed by atoms with Crippen LogP contribution in [0.3, 0.4) is 0 Å². The summed E-state index contributed by atoms with van der Waals surface area (Å²) in [4.78, 5) is 60.7. The molecular weight excluding hydrogens is 995 g/mol. The molecule has 0 bridgehead atoms. The van der Waals surface area contributed by atoms with E-state index < -0.39 is 88.2 Å². The first-order valence-electron chi connectivity index (χ1n) is 26.2. The van der Waals surface area contributed by atoms with Gasteiger partial charge in [-0.25, -0.2) is 5.48 Å². The van der Waals surface area contributed by atoms with Crippen molar-refractivity contribution in [1.29, 1.82) is 0 Å². The van der Waals surface area contributed by atoms with Gasteiger partial charge in [0.1, 0.15) is 28.5 Å². The Morgan fingerprint density at radius 3 is 2.08 bits per heavy atom. The molecule has 1 fully saturated rings. The van der Waals surface area contributed by atoms with Crippen LogP contribution in [0.5, 0.6) is 17.2 Å². The molecule has 1 aromatic heterocycles. The van der Waals surface area contributed by atoms with E-state index in [1.54, 1.807) is 11.6 Å². The van der Waals surface area contributed by atoms with E-state index in [4.69, 9.17) is 19.0 Å². The summed E-state index contributed by atoms with van der Waals surface area (Å²) < 4.78 is 19.7. The Balaban J connectivity index is 0.737. The van der Waals surface area contributed by atoms with Crippen LogP contribution in [0.4, 0.5) is 0 Å². The monoisotopic (exact) mass is 1060 g/mol. The van der Waals surface area contributed by atoms with Crippen LogP contribution >= 0.6 is 0 Å². The van der Waals surface area contributed by atoms with Gasteiger partial charge in [-0.05, 0) is 55.0 Å². The molecule has 78 heavy (non-hydrogen) atoms. The Labute approximate surface area is 450 Å². The number of carbonyl (C=O) groups excluding carboxylic acids is 4. The number of hydrogen-bond donors (Lipinski definition) is 6. The molecule has 0 radical (unpaired) electrons. The van der Waals surface area contributed by atoms with Crippen molar-refractivity contribution in [2.45, 2.75) is 114 Å². The number of hydroxylamine groups is 1. The van der Waals surface area contributed by atoms with E-state index in [1.165, 1.54) is 32.2 Å². The van der Waals surface area contributed by atoms with Crippen molar-refractivity contribution in [3.8, 4) is 28.5 Å². The summed E-state index contributed by atoms with van der Waals surface area (Å²) in [6, 6.07) is 41.2. The molecule has 17 heteroatoms. The number of rotatable bonds is 19. The number of aliphatic hydroxyl groups excluding tert-OH is 1. The average molecular weight is 1060 g/mol. The normalized spacial score (nSPS) is 20.8. The first-order chi connectivity index (χ1) is 37.7. The number of benzene rings is 6. The van der Waals surface area contributed by atoms with E-state index in [0.717, 1.165) is 40.7 Å². The second-order valence-electron chi connectivity index (χ2n) is 20.2. The zero-order chi connectivity index (χ0) is 54.7. The number of phenols is 2. The Bertz CT molecular complexity index is 3240. The fraction of sp³-hybridized carbons (Fsp3) is 0.311. The van der Waals surface area contributed by atoms with Gasteiger partial charge < -0.3 is 40.0 Å². The second-order valence-corrected chi connectivity index (χ2v) is 20.2. The number of aliphatic hydroxyl groups is 2. The fourth-order valence-corrected chi connectivity index (χ4v) is 11.0. The number of fused-ring (bicyclic) bond motifs is 3. The molecule has 17 nitrogen and oxygen atoms in total. The average Bonchev–Trinajstić information content (AvgIpc) is 4.03. The lowest BCUT2D eigenvalue weighted by atomic mass is 9.72. The summed E-state index contributed by atoms with van der Waals surface area (Å²) in [6.07, 6.45) is -0.419. The van der Waals surface area contributed by atoms with Gasteiger partial charge in [-0.15, -0.1) is 5.10 Å². The molecule has 402 valence electrons. The number of aromatic nitrogens is 3. The van der Waals surface area contributed by atoms with E-state index >= 15 is 0 Å². The number of ketones is 3. The van der Waals surface area contributed by atoms with Gasteiger partial charge in [-0.1, -0.05) is 139 Å². The Morgan fingerprint density at radius 2 is 1.45 bits per heavy atom. The lowest BCUT2D eigenvalue weighted by molar-refractivity contribution is -0.249. The topological polar surface area (TPSA) is 241 Å². The minimum Gasteiger partial charge on any atom is -0.507 e. The van der Waals surface area contributed by atoms with E-state index in [-0.39, 0.29) is 53.2 Å². The van der Waals surface area contributed by atoms with Crippen LogP contribution in [0.25, 0.3) is 11.3 Å². The molecule has 2 aliphatic carbocycles. The molecule has 6 atom stereocenters. The maximum Gasteiger partial charge on any atom is 0.243 e. The number of nitrogens with one attached hydrogen (secondary N) is 2. The number of methoxy groups -OCH3 is 1. The third-order valence-corrected chi connectivity index (χ3v) is 15.3. The molecular formula is C61H61N5O12. The number of nitrogens with zero attached hydrogens (tertiary/aromatic N) is 3. The van der Waals surface area contributed by atoms with Crippen LogP contribution in [0.1, 0.15) is 124 Å². The number of aromatic hydroxyl groups is 2. The Kier molecular flexibility index (Phi) is 15.5. The first-order valence-corrected chi connectivity index (χ1v) is 26.2. The smallest absolute Gasteiger partial charge is 0.243 e. The maximum atomic E-state index is 14.1. The number of carbonyl (C=O) groups is 4. The van der Waals surface area contributed by atoms with Gasteiger partial charge in [0.2, 0.25) is 11.7 Å². The molecule has 0 saturated carbocycles. The summed E-state index contributed by atoms with van der Waals surface area (Å²) in [7, 11) is 1.35. The van der Waals surface area contributed by atoms with E-state index in [1.807, 2.05) is 121 Å². The van der Waals surface area contributed by atoms with Gasteiger partial charge in [0.05, 0.1) is 48.3 Å². The van der Waals surface area contributed by atoms with Crippen molar-refractivity contribution >= 4 is 23.3 Å². The number of phenolic OH excluding ortho intramolecular Hbond substituents is 2. The highest BCUT2D eigenvalue weighted by atomic mass is 16.7. The minimum absolute atomic E-state index is 0.0314. The highest BCUT2D eigenvalue weighted by Crippen LogP contribution is 2.53. The molecule has 6 aromatic carbocycles. The zero-order valence-electron chi connectivity index (χ0n) is 43.4. The Morgan fingerprint density at radius 1 is 0.808 bits per heavy atom. The van der Waals surface area contributed by atoms with Crippen molar-refractivity contribution < 1.29 is 58.7 Å². The molecule has 10 rings (SSSR count). The molecule has 7 aromatic rings. The summed E-state index contributed by atoms with van der Waals surface area (Å²) in [6.45, 7) is 3.84. The third-order valence-electron chi connectivity index (χ3n) is 15.3. The van der Waals surface area contributed by atoms with Gasteiger partial charge in [-0.2, -0.15) is 0 Å². The van der Waals surface area contributed by atoms with E-state index in [9.17, 15) is 39.6 Å². The zero-order valence-corrected chi connectivity index (χ0v) is 43.4. The third kappa shape index (κ3) is 10.4. The lowest BCUT2D eigenvalue weighted by Gasteiger charge is -2.43. The molecule has 0 unspecified atom stereocenters. The quantitative estimate of drug-likeness (QED) is 0.0197. The number of Topliss-reactive ketones (excluding diaryl/α,β-unsaturated/α-hetero) is 1.